The van der Waals surface area contributed by atoms with Crippen molar-refractivity contribution < 1.29 is 9.53 Å². The third kappa shape index (κ3) is 5.03. The topological polar surface area (TPSA) is 60.2 Å². The summed E-state index contributed by atoms with van der Waals surface area (Å²) in [6, 6.07) is 17.9. The van der Waals surface area contributed by atoms with Crippen molar-refractivity contribution in [2.24, 2.45) is 0 Å². The van der Waals surface area contributed by atoms with Gasteiger partial charge in [-0.3, -0.25) is 9.36 Å². The molecule has 0 unspecified atom stereocenters. The molecule has 0 bridgehead atoms. The van der Waals surface area contributed by atoms with Crippen LogP contribution in [0, 0.1) is 13.8 Å². The maximum atomic E-state index is 13.3. The molecule has 0 atom stereocenters. The zero-order valence-corrected chi connectivity index (χ0v) is 19.8. The highest BCUT2D eigenvalue weighted by molar-refractivity contribution is 7.99. The van der Waals surface area contributed by atoms with Gasteiger partial charge in [0.25, 0.3) is 0 Å². The van der Waals surface area contributed by atoms with Gasteiger partial charge in [-0.05, 0) is 66.8 Å². The van der Waals surface area contributed by atoms with E-state index in [1.54, 1.807) is 29.7 Å². The maximum absolute atomic E-state index is 13.3. The zero-order chi connectivity index (χ0) is 22.5. The normalized spacial score (nSPS) is 10.8. The minimum atomic E-state index is 0.00378. The summed E-state index contributed by atoms with van der Waals surface area (Å²) < 4.78 is 7.20. The number of aromatic nitrogens is 3. The molecule has 0 saturated carbocycles. The van der Waals surface area contributed by atoms with Crippen molar-refractivity contribution in [3.63, 3.8) is 0 Å². The Balaban J connectivity index is 1.54. The SMILES string of the molecule is COc1ccc(N(Cc2cccs2)C(=O)CSc2nncn2-c2cc(C)ccc2C)cc1. The van der Waals surface area contributed by atoms with Crippen LogP contribution in [0.1, 0.15) is 16.0 Å². The summed E-state index contributed by atoms with van der Waals surface area (Å²) in [4.78, 5) is 16.2. The van der Waals surface area contributed by atoms with Crippen molar-refractivity contribution in [3.05, 3.63) is 82.3 Å². The van der Waals surface area contributed by atoms with E-state index in [9.17, 15) is 4.79 Å². The summed E-state index contributed by atoms with van der Waals surface area (Å²) in [6.07, 6.45) is 1.70. The standard InChI is InChI=1S/C24H24N4O2S2/c1-17-6-7-18(2)22(13-17)28-16-25-26-24(28)32-15-23(29)27(14-21-5-4-12-31-21)19-8-10-20(30-3)11-9-19/h4-13,16H,14-15H2,1-3H3. The fourth-order valence-corrected chi connectivity index (χ4v) is 4.81. The third-order valence-corrected chi connectivity index (χ3v) is 6.83. The molecule has 4 rings (SSSR count). The molecule has 0 radical (unpaired) electrons. The maximum Gasteiger partial charge on any atom is 0.237 e. The van der Waals surface area contributed by atoms with Crippen molar-refractivity contribution in [2.75, 3.05) is 17.8 Å². The largest absolute Gasteiger partial charge is 0.497 e. The van der Waals surface area contributed by atoms with Gasteiger partial charge >= 0.3 is 0 Å². The molecule has 2 aromatic heterocycles. The van der Waals surface area contributed by atoms with E-state index >= 15 is 0 Å². The number of thioether (sulfide) groups is 1. The minimum absolute atomic E-state index is 0.00378. The predicted octanol–water partition coefficient (Wildman–Crippen LogP) is 5.28. The zero-order valence-electron chi connectivity index (χ0n) is 18.2. The lowest BCUT2D eigenvalue weighted by Crippen LogP contribution is -2.31. The smallest absolute Gasteiger partial charge is 0.237 e. The second-order valence-electron chi connectivity index (χ2n) is 7.32. The summed E-state index contributed by atoms with van der Waals surface area (Å²) >= 11 is 3.03. The van der Waals surface area contributed by atoms with Crippen LogP contribution in [-0.2, 0) is 11.3 Å². The molecule has 32 heavy (non-hydrogen) atoms. The van der Waals surface area contributed by atoms with E-state index in [0.717, 1.165) is 33.1 Å². The Hall–Kier alpha value is -3.10. The van der Waals surface area contributed by atoms with E-state index in [1.807, 2.05) is 46.3 Å². The van der Waals surface area contributed by atoms with Gasteiger partial charge in [0.2, 0.25) is 5.91 Å². The first-order chi connectivity index (χ1) is 15.5. The first kappa shape index (κ1) is 22.1. The number of anilines is 1. The number of carbonyl (C=O) groups is 1. The number of hydrogen-bond acceptors (Lipinski definition) is 6. The average molecular weight is 465 g/mol. The highest BCUT2D eigenvalue weighted by Crippen LogP contribution is 2.26. The minimum Gasteiger partial charge on any atom is -0.497 e. The van der Waals surface area contributed by atoms with Gasteiger partial charge in [-0.25, -0.2) is 0 Å². The first-order valence-corrected chi connectivity index (χ1v) is 12.0. The molecule has 0 aliphatic rings. The Kier molecular flexibility index (Phi) is 6.92. The number of methoxy groups -OCH3 is 1. The Morgan fingerprint density at radius 1 is 1.16 bits per heavy atom. The number of rotatable bonds is 8. The number of benzene rings is 2. The van der Waals surface area contributed by atoms with Crippen molar-refractivity contribution in [1.29, 1.82) is 0 Å². The van der Waals surface area contributed by atoms with Crippen LogP contribution in [0.3, 0.4) is 0 Å². The molecule has 0 aliphatic heterocycles. The monoisotopic (exact) mass is 464 g/mol. The number of thiophene rings is 1. The molecule has 0 aliphatic carbocycles. The van der Waals surface area contributed by atoms with Gasteiger partial charge in [0.1, 0.15) is 12.1 Å². The Morgan fingerprint density at radius 2 is 1.97 bits per heavy atom. The number of carbonyl (C=O) groups excluding carboxylic acids is 1. The molecule has 4 aromatic rings. The second kappa shape index (κ2) is 10.0. The van der Waals surface area contributed by atoms with Crippen molar-refractivity contribution in [2.45, 2.75) is 25.5 Å². The van der Waals surface area contributed by atoms with Gasteiger partial charge in [-0.2, -0.15) is 0 Å². The Morgan fingerprint density at radius 3 is 2.69 bits per heavy atom. The summed E-state index contributed by atoms with van der Waals surface area (Å²) in [7, 11) is 1.63. The van der Waals surface area contributed by atoms with Gasteiger partial charge in [0.15, 0.2) is 5.16 Å². The molecule has 8 heteroatoms. The summed E-state index contributed by atoms with van der Waals surface area (Å²) in [5.41, 5.74) is 4.14. The number of ether oxygens (including phenoxy) is 1. The second-order valence-corrected chi connectivity index (χ2v) is 9.29. The molecule has 1 amide bonds. The van der Waals surface area contributed by atoms with Crippen LogP contribution in [-0.4, -0.2) is 33.5 Å². The highest BCUT2D eigenvalue weighted by Gasteiger charge is 2.19. The van der Waals surface area contributed by atoms with Gasteiger partial charge in [0.05, 0.1) is 25.1 Å². The molecular weight excluding hydrogens is 440 g/mol. The summed E-state index contributed by atoms with van der Waals surface area (Å²) in [5.74, 6) is 1.01. The number of nitrogens with zero attached hydrogens (tertiary/aromatic N) is 4. The van der Waals surface area contributed by atoms with Crippen LogP contribution in [0.2, 0.25) is 0 Å². The quantitative estimate of drug-likeness (QED) is 0.332. The van der Waals surface area contributed by atoms with E-state index in [2.05, 4.69) is 42.2 Å². The van der Waals surface area contributed by atoms with Crippen LogP contribution in [0.4, 0.5) is 5.69 Å². The lowest BCUT2D eigenvalue weighted by atomic mass is 10.1. The van der Waals surface area contributed by atoms with E-state index in [1.165, 1.54) is 11.8 Å². The van der Waals surface area contributed by atoms with Crippen LogP contribution >= 0.6 is 23.1 Å². The van der Waals surface area contributed by atoms with Crippen molar-refractivity contribution in [3.8, 4) is 11.4 Å². The Bertz CT molecular complexity index is 1190. The van der Waals surface area contributed by atoms with Crippen LogP contribution in [0.5, 0.6) is 5.75 Å². The van der Waals surface area contributed by atoms with E-state index in [4.69, 9.17) is 4.74 Å². The number of aryl methyl sites for hydroxylation is 2. The van der Waals surface area contributed by atoms with Crippen molar-refractivity contribution in [1.82, 2.24) is 14.8 Å². The van der Waals surface area contributed by atoms with Gasteiger partial charge < -0.3 is 9.64 Å². The molecule has 0 saturated heterocycles. The lowest BCUT2D eigenvalue weighted by Gasteiger charge is -2.22. The molecule has 0 spiro atoms. The highest BCUT2D eigenvalue weighted by atomic mass is 32.2. The first-order valence-electron chi connectivity index (χ1n) is 10.1. The molecule has 6 nitrogen and oxygen atoms in total. The van der Waals surface area contributed by atoms with Crippen LogP contribution < -0.4 is 9.64 Å². The third-order valence-electron chi connectivity index (χ3n) is 5.04. The molecule has 0 fully saturated rings. The Labute approximate surface area is 195 Å². The van der Waals surface area contributed by atoms with Crippen LogP contribution in [0.15, 0.2) is 71.5 Å². The van der Waals surface area contributed by atoms with E-state index < -0.39 is 0 Å². The van der Waals surface area contributed by atoms with Gasteiger partial charge in [0, 0.05) is 10.6 Å². The lowest BCUT2D eigenvalue weighted by molar-refractivity contribution is -0.116. The number of amides is 1. The average Bonchev–Trinajstić information content (AvgIpc) is 3.49. The fourth-order valence-electron chi connectivity index (χ4n) is 3.32. The molecule has 164 valence electrons. The van der Waals surface area contributed by atoms with Crippen molar-refractivity contribution >= 4 is 34.7 Å². The molecular formula is C24H24N4O2S2. The van der Waals surface area contributed by atoms with Crippen LogP contribution in [0.25, 0.3) is 5.69 Å². The number of hydrogen-bond donors (Lipinski definition) is 0. The predicted molar refractivity (Wildman–Crippen MR) is 130 cm³/mol. The molecule has 2 heterocycles. The molecule has 0 N–H and O–H groups in total. The van der Waals surface area contributed by atoms with E-state index in [-0.39, 0.29) is 11.7 Å². The van der Waals surface area contributed by atoms with E-state index in [0.29, 0.717) is 11.7 Å². The van der Waals surface area contributed by atoms with Gasteiger partial charge in [-0.1, -0.05) is 30.0 Å². The fraction of sp³-hybridized carbons (Fsp3) is 0.208. The molecule has 2 aromatic carbocycles. The summed E-state index contributed by atoms with van der Waals surface area (Å²) in [5, 5.41) is 11.1. The van der Waals surface area contributed by atoms with Gasteiger partial charge in [-0.15, -0.1) is 21.5 Å². The summed E-state index contributed by atoms with van der Waals surface area (Å²) in [6.45, 7) is 4.63.